The fraction of sp³-hybridized carbons (Fsp3) is 0.368. The maximum atomic E-state index is 12.3. The van der Waals surface area contributed by atoms with Crippen LogP contribution in [0.5, 0.6) is 5.75 Å². The smallest absolute Gasteiger partial charge is 0.247 e. The molecule has 0 saturated carbocycles. The van der Waals surface area contributed by atoms with Gasteiger partial charge in [-0.1, -0.05) is 49.8 Å². The van der Waals surface area contributed by atoms with Gasteiger partial charge in [-0.05, 0) is 12.1 Å². The van der Waals surface area contributed by atoms with Crippen molar-refractivity contribution in [3.8, 4) is 17.1 Å². The molecule has 0 bridgehead atoms. The van der Waals surface area contributed by atoms with Gasteiger partial charge in [0.15, 0.2) is 5.78 Å². The first kappa shape index (κ1) is 19.2. The van der Waals surface area contributed by atoms with Crippen molar-refractivity contribution in [1.82, 2.24) is 15.0 Å². The average Bonchev–Trinajstić information content (AvgIpc) is 3.23. The summed E-state index contributed by atoms with van der Waals surface area (Å²) in [6.07, 6.45) is 1.52. The molecule has 27 heavy (non-hydrogen) atoms. The lowest BCUT2D eigenvalue weighted by atomic mass is 9.91. The Balaban J connectivity index is 1.82. The van der Waals surface area contributed by atoms with Crippen LogP contribution in [0.25, 0.3) is 11.4 Å². The van der Waals surface area contributed by atoms with Crippen molar-refractivity contribution in [3.63, 3.8) is 0 Å². The number of hydrogen-bond acceptors (Lipinski definition) is 7. The summed E-state index contributed by atoms with van der Waals surface area (Å²) in [6.45, 7) is 5.65. The third-order valence-electron chi connectivity index (χ3n) is 4.01. The molecule has 0 aliphatic carbocycles. The fourth-order valence-electron chi connectivity index (χ4n) is 2.42. The van der Waals surface area contributed by atoms with Crippen LogP contribution in [0.1, 0.15) is 26.7 Å². The van der Waals surface area contributed by atoms with Crippen LogP contribution in [0.2, 0.25) is 0 Å². The molecule has 1 fully saturated rings. The van der Waals surface area contributed by atoms with Crippen LogP contribution < -0.4 is 4.74 Å². The van der Waals surface area contributed by atoms with E-state index in [9.17, 15) is 9.59 Å². The third kappa shape index (κ3) is 4.21. The second kappa shape index (κ2) is 7.56. The largest absolute Gasteiger partial charge is 0.496 e. The number of para-hydroxylation sites is 1. The predicted octanol–water partition coefficient (Wildman–Crippen LogP) is 3.28. The zero-order chi connectivity index (χ0) is 19.6. The Morgan fingerprint density at radius 1 is 1.37 bits per heavy atom. The lowest BCUT2D eigenvalue weighted by molar-refractivity contribution is -0.126. The molecule has 0 unspecified atom stereocenters. The van der Waals surface area contributed by atoms with Crippen LogP contribution in [0.15, 0.2) is 39.9 Å². The van der Waals surface area contributed by atoms with Crippen LogP contribution in [0.4, 0.5) is 0 Å². The average molecular weight is 387 g/mol. The number of amides is 1. The molecule has 1 amide bonds. The van der Waals surface area contributed by atoms with Crippen molar-refractivity contribution >= 4 is 23.5 Å². The van der Waals surface area contributed by atoms with Crippen LogP contribution in [0, 0.1) is 5.41 Å². The number of carbonyl (C=O) groups is 2. The maximum Gasteiger partial charge on any atom is 0.247 e. The topological polar surface area (TPSA) is 85.5 Å². The Kier molecular flexibility index (Phi) is 5.36. The minimum atomic E-state index is -0.508. The van der Waals surface area contributed by atoms with E-state index in [0.717, 1.165) is 0 Å². The normalized spacial score (nSPS) is 16.2. The SMILES string of the molecule is COc1ccccc1-c1noc(CN2C(=O)CS/C2=C\C(=O)C(C)(C)C)n1. The molecule has 1 aliphatic rings. The monoisotopic (exact) mass is 387 g/mol. The first-order valence-electron chi connectivity index (χ1n) is 8.45. The van der Waals surface area contributed by atoms with E-state index in [1.807, 2.05) is 45.0 Å². The number of ether oxygens (including phenoxy) is 1. The fourth-order valence-corrected chi connectivity index (χ4v) is 3.36. The van der Waals surface area contributed by atoms with E-state index >= 15 is 0 Å². The van der Waals surface area contributed by atoms with E-state index < -0.39 is 5.41 Å². The summed E-state index contributed by atoms with van der Waals surface area (Å²) in [6, 6.07) is 7.35. The number of rotatable bonds is 5. The Morgan fingerprint density at radius 3 is 2.81 bits per heavy atom. The van der Waals surface area contributed by atoms with Crippen molar-refractivity contribution in [2.75, 3.05) is 12.9 Å². The molecule has 2 heterocycles. The highest BCUT2D eigenvalue weighted by atomic mass is 32.2. The second-order valence-corrected chi connectivity index (χ2v) is 8.07. The molecule has 142 valence electrons. The number of carbonyl (C=O) groups excluding carboxylic acids is 2. The summed E-state index contributed by atoms with van der Waals surface area (Å²) >= 11 is 1.34. The number of aromatic nitrogens is 2. The number of thioether (sulfide) groups is 1. The first-order valence-corrected chi connectivity index (χ1v) is 9.43. The van der Waals surface area contributed by atoms with E-state index in [0.29, 0.717) is 28.1 Å². The van der Waals surface area contributed by atoms with Gasteiger partial charge >= 0.3 is 0 Å². The van der Waals surface area contributed by atoms with Crippen LogP contribution in [-0.4, -0.2) is 39.6 Å². The van der Waals surface area contributed by atoms with Crippen LogP contribution in [-0.2, 0) is 16.1 Å². The summed E-state index contributed by atoms with van der Waals surface area (Å²) in [5.74, 6) is 1.47. The lowest BCUT2D eigenvalue weighted by Gasteiger charge is -2.17. The van der Waals surface area contributed by atoms with Gasteiger partial charge in [0, 0.05) is 11.5 Å². The molecular formula is C19H21N3O4S. The molecule has 0 N–H and O–H groups in total. The molecule has 1 aliphatic heterocycles. The summed E-state index contributed by atoms with van der Waals surface area (Å²) in [5, 5.41) is 4.60. The molecular weight excluding hydrogens is 366 g/mol. The van der Waals surface area contributed by atoms with E-state index in [2.05, 4.69) is 10.1 Å². The third-order valence-corrected chi connectivity index (χ3v) is 5.04. The van der Waals surface area contributed by atoms with Gasteiger partial charge in [0.1, 0.15) is 12.3 Å². The van der Waals surface area contributed by atoms with Crippen LogP contribution in [0.3, 0.4) is 0 Å². The molecule has 1 aromatic heterocycles. The van der Waals surface area contributed by atoms with Gasteiger partial charge in [0.05, 0.1) is 23.5 Å². The molecule has 1 aromatic carbocycles. The maximum absolute atomic E-state index is 12.3. The highest BCUT2D eigenvalue weighted by molar-refractivity contribution is 8.04. The van der Waals surface area contributed by atoms with Gasteiger partial charge in [-0.2, -0.15) is 4.98 Å². The van der Waals surface area contributed by atoms with Crippen molar-refractivity contribution in [1.29, 1.82) is 0 Å². The molecule has 7 nitrogen and oxygen atoms in total. The number of ketones is 1. The lowest BCUT2D eigenvalue weighted by Crippen LogP contribution is -2.26. The Bertz CT molecular complexity index is 898. The van der Waals surface area contributed by atoms with Gasteiger partial charge in [0.25, 0.3) is 0 Å². The number of nitrogens with zero attached hydrogens (tertiary/aromatic N) is 3. The standard InChI is InChI=1S/C19H21N3O4S/c1-19(2,3)14(23)9-17-22(16(24)11-27-17)10-15-20-18(21-26-15)12-7-5-6-8-13(12)25-4/h5-9H,10-11H2,1-4H3/b17-9-. The summed E-state index contributed by atoms with van der Waals surface area (Å²) in [7, 11) is 1.57. The van der Waals surface area contributed by atoms with Gasteiger partial charge in [-0.3, -0.25) is 14.5 Å². The highest BCUT2D eigenvalue weighted by Crippen LogP contribution is 2.32. The summed E-state index contributed by atoms with van der Waals surface area (Å²) < 4.78 is 10.6. The molecule has 0 atom stereocenters. The van der Waals surface area contributed by atoms with Crippen molar-refractivity contribution < 1.29 is 18.8 Å². The highest BCUT2D eigenvalue weighted by Gasteiger charge is 2.31. The number of methoxy groups -OCH3 is 1. The Morgan fingerprint density at radius 2 is 2.11 bits per heavy atom. The molecule has 8 heteroatoms. The number of benzene rings is 1. The Hall–Kier alpha value is -2.61. The summed E-state index contributed by atoms with van der Waals surface area (Å²) in [5.41, 5.74) is 0.197. The van der Waals surface area contributed by atoms with E-state index in [1.54, 1.807) is 7.11 Å². The second-order valence-electron chi connectivity index (χ2n) is 7.08. The number of allylic oxidation sites excluding steroid dienone is 1. The van der Waals surface area contributed by atoms with Crippen molar-refractivity contribution in [3.05, 3.63) is 41.3 Å². The van der Waals surface area contributed by atoms with Crippen LogP contribution >= 0.6 is 11.8 Å². The van der Waals surface area contributed by atoms with Gasteiger partial charge in [0.2, 0.25) is 17.6 Å². The Labute approximate surface area is 161 Å². The zero-order valence-corrected chi connectivity index (χ0v) is 16.5. The van der Waals surface area contributed by atoms with Gasteiger partial charge < -0.3 is 9.26 Å². The van der Waals surface area contributed by atoms with Crippen molar-refractivity contribution in [2.45, 2.75) is 27.3 Å². The van der Waals surface area contributed by atoms with Crippen molar-refractivity contribution in [2.24, 2.45) is 5.41 Å². The molecule has 0 spiro atoms. The van der Waals surface area contributed by atoms with E-state index in [4.69, 9.17) is 9.26 Å². The minimum absolute atomic E-state index is 0.0371. The quantitative estimate of drug-likeness (QED) is 0.728. The number of hydrogen-bond donors (Lipinski definition) is 0. The van der Waals surface area contributed by atoms with E-state index in [-0.39, 0.29) is 24.0 Å². The summed E-state index contributed by atoms with van der Waals surface area (Å²) in [4.78, 5) is 30.4. The molecule has 0 radical (unpaired) electrons. The zero-order valence-electron chi connectivity index (χ0n) is 15.7. The minimum Gasteiger partial charge on any atom is -0.496 e. The molecule has 1 saturated heterocycles. The molecule has 2 aromatic rings. The van der Waals surface area contributed by atoms with Gasteiger partial charge in [-0.15, -0.1) is 0 Å². The predicted molar refractivity (Wildman–Crippen MR) is 102 cm³/mol. The van der Waals surface area contributed by atoms with E-state index in [1.165, 1.54) is 22.7 Å². The van der Waals surface area contributed by atoms with Gasteiger partial charge in [-0.25, -0.2) is 0 Å². The first-order chi connectivity index (χ1) is 12.8. The molecule has 3 rings (SSSR count).